The van der Waals surface area contributed by atoms with E-state index in [1.165, 1.54) is 22.3 Å². The van der Waals surface area contributed by atoms with Gasteiger partial charge in [-0.15, -0.1) is 0 Å². The average Bonchev–Trinajstić information content (AvgIpc) is 2.38. The maximum absolute atomic E-state index is 10.1. The molecule has 0 aliphatic heterocycles. The van der Waals surface area contributed by atoms with Crippen molar-refractivity contribution < 1.29 is 5.11 Å². The van der Waals surface area contributed by atoms with Crippen LogP contribution in [-0.2, 0) is 12.8 Å². The summed E-state index contributed by atoms with van der Waals surface area (Å²) in [6, 6.07) is 16.9. The maximum atomic E-state index is 10.1. The zero-order chi connectivity index (χ0) is 13.7. The molecule has 2 aromatic carbocycles. The third-order valence-electron chi connectivity index (χ3n) is 3.44. The van der Waals surface area contributed by atoms with E-state index in [0.717, 1.165) is 19.3 Å². The molecule has 2 aromatic rings. The Bertz CT molecular complexity index is 513. The number of aryl methyl sites for hydroxylation is 3. The third kappa shape index (κ3) is 4.53. The summed E-state index contributed by atoms with van der Waals surface area (Å²) < 4.78 is 0. The van der Waals surface area contributed by atoms with Gasteiger partial charge in [-0.2, -0.15) is 0 Å². The molecule has 0 heterocycles. The van der Waals surface area contributed by atoms with E-state index in [2.05, 4.69) is 62.4 Å². The summed E-state index contributed by atoms with van der Waals surface area (Å²) >= 11 is 0. The number of rotatable bonds is 5. The van der Waals surface area contributed by atoms with Crippen molar-refractivity contribution in [2.24, 2.45) is 0 Å². The summed E-state index contributed by atoms with van der Waals surface area (Å²) in [5.41, 5.74) is 5.05. The molecule has 0 saturated heterocycles. The van der Waals surface area contributed by atoms with Crippen molar-refractivity contribution in [3.05, 3.63) is 70.8 Å². The van der Waals surface area contributed by atoms with Crippen LogP contribution in [0.1, 0.15) is 28.7 Å². The van der Waals surface area contributed by atoms with Crippen molar-refractivity contribution in [1.29, 1.82) is 0 Å². The maximum Gasteiger partial charge on any atom is 0.0583 e. The summed E-state index contributed by atoms with van der Waals surface area (Å²) in [6.45, 7) is 4.18. The van der Waals surface area contributed by atoms with Gasteiger partial charge in [-0.3, -0.25) is 0 Å². The largest absolute Gasteiger partial charge is 0.393 e. The standard InChI is InChI=1S/C18H22O/c1-14-6-8-16(9-7-14)10-11-18(19)13-17-5-3-4-15(2)12-17/h3-9,12,18-19H,10-11,13H2,1-2H3. The van der Waals surface area contributed by atoms with Crippen LogP contribution in [0.4, 0.5) is 0 Å². The number of hydrogen-bond donors (Lipinski definition) is 1. The highest BCUT2D eigenvalue weighted by Crippen LogP contribution is 2.12. The smallest absolute Gasteiger partial charge is 0.0583 e. The molecule has 1 heteroatoms. The van der Waals surface area contributed by atoms with Crippen LogP contribution in [0.2, 0.25) is 0 Å². The van der Waals surface area contributed by atoms with Crippen LogP contribution >= 0.6 is 0 Å². The second-order valence-electron chi connectivity index (χ2n) is 5.37. The van der Waals surface area contributed by atoms with Gasteiger partial charge >= 0.3 is 0 Å². The second kappa shape index (κ2) is 6.53. The number of hydrogen-bond acceptors (Lipinski definition) is 1. The Balaban J connectivity index is 1.84. The topological polar surface area (TPSA) is 20.2 Å². The number of benzene rings is 2. The van der Waals surface area contributed by atoms with E-state index in [-0.39, 0.29) is 6.10 Å². The Kier molecular flexibility index (Phi) is 4.75. The van der Waals surface area contributed by atoms with Crippen LogP contribution in [0, 0.1) is 13.8 Å². The van der Waals surface area contributed by atoms with Crippen molar-refractivity contribution in [3.63, 3.8) is 0 Å². The second-order valence-corrected chi connectivity index (χ2v) is 5.37. The van der Waals surface area contributed by atoms with Crippen molar-refractivity contribution in [2.45, 2.75) is 39.2 Å². The molecule has 19 heavy (non-hydrogen) atoms. The molecule has 1 nitrogen and oxygen atoms in total. The molecule has 0 aliphatic carbocycles. The van der Waals surface area contributed by atoms with Crippen molar-refractivity contribution in [1.82, 2.24) is 0 Å². The van der Waals surface area contributed by atoms with E-state index in [4.69, 9.17) is 0 Å². The van der Waals surface area contributed by atoms with E-state index in [1.54, 1.807) is 0 Å². The summed E-state index contributed by atoms with van der Waals surface area (Å²) in [6.07, 6.45) is 2.24. The first-order valence-electron chi connectivity index (χ1n) is 6.92. The van der Waals surface area contributed by atoms with Gasteiger partial charge < -0.3 is 5.11 Å². The molecule has 0 radical (unpaired) electrons. The molecule has 0 aromatic heterocycles. The van der Waals surface area contributed by atoms with Crippen LogP contribution in [-0.4, -0.2) is 11.2 Å². The minimum absolute atomic E-state index is 0.261. The predicted octanol–water partition coefficient (Wildman–Crippen LogP) is 3.84. The Morgan fingerprint density at radius 3 is 2.32 bits per heavy atom. The van der Waals surface area contributed by atoms with E-state index in [9.17, 15) is 5.11 Å². The molecule has 1 atom stereocenters. The SMILES string of the molecule is Cc1ccc(CCC(O)Cc2cccc(C)c2)cc1. The highest BCUT2D eigenvalue weighted by molar-refractivity contribution is 5.23. The Morgan fingerprint density at radius 2 is 1.63 bits per heavy atom. The third-order valence-corrected chi connectivity index (χ3v) is 3.44. The van der Waals surface area contributed by atoms with Crippen molar-refractivity contribution in [3.8, 4) is 0 Å². The van der Waals surface area contributed by atoms with Crippen LogP contribution in [0.3, 0.4) is 0 Å². The molecule has 0 saturated carbocycles. The van der Waals surface area contributed by atoms with Crippen molar-refractivity contribution in [2.75, 3.05) is 0 Å². The lowest BCUT2D eigenvalue weighted by atomic mass is 10.00. The number of aliphatic hydroxyl groups is 1. The van der Waals surface area contributed by atoms with Gasteiger partial charge in [-0.1, -0.05) is 59.7 Å². The molecule has 1 N–H and O–H groups in total. The zero-order valence-electron chi connectivity index (χ0n) is 11.8. The quantitative estimate of drug-likeness (QED) is 0.859. The van der Waals surface area contributed by atoms with Crippen LogP contribution in [0.25, 0.3) is 0 Å². The fourth-order valence-corrected chi connectivity index (χ4v) is 2.30. The molecule has 100 valence electrons. The minimum atomic E-state index is -0.261. The van der Waals surface area contributed by atoms with Gasteiger partial charge in [0, 0.05) is 0 Å². The summed E-state index contributed by atoms with van der Waals surface area (Å²) in [5, 5.41) is 10.1. The van der Waals surface area contributed by atoms with Gasteiger partial charge in [0.05, 0.1) is 6.10 Å². The van der Waals surface area contributed by atoms with E-state index in [0.29, 0.717) is 0 Å². The summed E-state index contributed by atoms with van der Waals surface area (Å²) in [4.78, 5) is 0. The van der Waals surface area contributed by atoms with E-state index < -0.39 is 0 Å². The normalized spacial score (nSPS) is 12.4. The lowest BCUT2D eigenvalue weighted by molar-refractivity contribution is 0.165. The molecule has 1 unspecified atom stereocenters. The zero-order valence-corrected chi connectivity index (χ0v) is 11.8. The Hall–Kier alpha value is -1.60. The molecule has 2 rings (SSSR count). The molecular formula is C18H22O. The van der Waals surface area contributed by atoms with Gasteiger partial charge in [0.15, 0.2) is 0 Å². The average molecular weight is 254 g/mol. The first-order chi connectivity index (χ1) is 9.13. The van der Waals surface area contributed by atoms with Gasteiger partial charge in [0.1, 0.15) is 0 Å². The molecule has 0 spiro atoms. The molecular weight excluding hydrogens is 232 g/mol. The summed E-state index contributed by atoms with van der Waals surface area (Å²) in [5.74, 6) is 0. The monoisotopic (exact) mass is 254 g/mol. The molecule has 0 fully saturated rings. The van der Waals surface area contributed by atoms with Gasteiger partial charge in [0.25, 0.3) is 0 Å². The highest BCUT2D eigenvalue weighted by atomic mass is 16.3. The van der Waals surface area contributed by atoms with Gasteiger partial charge in [-0.05, 0) is 44.2 Å². The lowest BCUT2D eigenvalue weighted by Crippen LogP contribution is -2.11. The van der Waals surface area contributed by atoms with Crippen LogP contribution < -0.4 is 0 Å². The van der Waals surface area contributed by atoms with Crippen LogP contribution in [0.5, 0.6) is 0 Å². The van der Waals surface area contributed by atoms with E-state index >= 15 is 0 Å². The number of aliphatic hydroxyl groups excluding tert-OH is 1. The minimum Gasteiger partial charge on any atom is -0.393 e. The van der Waals surface area contributed by atoms with Crippen molar-refractivity contribution >= 4 is 0 Å². The predicted molar refractivity (Wildman–Crippen MR) is 80.4 cm³/mol. The lowest BCUT2D eigenvalue weighted by Gasteiger charge is -2.11. The fraction of sp³-hybridized carbons (Fsp3) is 0.333. The van der Waals surface area contributed by atoms with Gasteiger partial charge in [-0.25, -0.2) is 0 Å². The first-order valence-corrected chi connectivity index (χ1v) is 6.92. The molecule has 0 amide bonds. The molecule has 0 bridgehead atoms. The fourth-order valence-electron chi connectivity index (χ4n) is 2.30. The van der Waals surface area contributed by atoms with Crippen LogP contribution in [0.15, 0.2) is 48.5 Å². The van der Waals surface area contributed by atoms with E-state index in [1.807, 2.05) is 0 Å². The Labute approximate surface area is 115 Å². The first kappa shape index (κ1) is 13.8. The highest BCUT2D eigenvalue weighted by Gasteiger charge is 2.06. The Morgan fingerprint density at radius 1 is 0.895 bits per heavy atom. The van der Waals surface area contributed by atoms with Gasteiger partial charge in [0.2, 0.25) is 0 Å². The summed E-state index contributed by atoms with van der Waals surface area (Å²) in [7, 11) is 0. The molecule has 0 aliphatic rings.